The van der Waals surface area contributed by atoms with E-state index >= 15 is 0 Å². The Kier molecular flexibility index (Phi) is 4.10. The number of nitriles is 1. The summed E-state index contributed by atoms with van der Waals surface area (Å²) in [6.07, 6.45) is 5.65. The summed E-state index contributed by atoms with van der Waals surface area (Å²) < 4.78 is 0. The summed E-state index contributed by atoms with van der Waals surface area (Å²) in [7, 11) is 0. The van der Waals surface area contributed by atoms with E-state index in [2.05, 4.69) is 28.5 Å². The van der Waals surface area contributed by atoms with Crippen LogP contribution in [-0.2, 0) is 0 Å². The molecule has 0 aliphatic carbocycles. The zero-order valence-electron chi connectivity index (χ0n) is 9.88. The van der Waals surface area contributed by atoms with Crippen LogP contribution >= 0.6 is 0 Å². The third-order valence-electron chi connectivity index (χ3n) is 2.40. The summed E-state index contributed by atoms with van der Waals surface area (Å²) in [5.41, 5.74) is 1.74. The van der Waals surface area contributed by atoms with Crippen molar-refractivity contribution >= 4 is 11.9 Å². The van der Waals surface area contributed by atoms with Crippen LogP contribution in [0.1, 0.15) is 11.1 Å². The van der Waals surface area contributed by atoms with Crippen LogP contribution in [0.5, 0.6) is 0 Å². The van der Waals surface area contributed by atoms with Gasteiger partial charge in [-0.15, -0.1) is 0 Å². The molecule has 0 amide bonds. The van der Waals surface area contributed by atoms with Gasteiger partial charge < -0.3 is 5.32 Å². The van der Waals surface area contributed by atoms with E-state index < -0.39 is 0 Å². The first-order chi connectivity index (χ1) is 8.88. The molecule has 1 aromatic heterocycles. The zero-order chi connectivity index (χ0) is 12.6. The molecular formula is C15H13N3. The highest BCUT2D eigenvalue weighted by Crippen LogP contribution is 2.04. The van der Waals surface area contributed by atoms with E-state index in [9.17, 15) is 0 Å². The third-order valence-corrected chi connectivity index (χ3v) is 2.40. The molecule has 2 rings (SSSR count). The Morgan fingerprint density at radius 2 is 2.00 bits per heavy atom. The van der Waals surface area contributed by atoms with Crippen molar-refractivity contribution in [1.82, 2.24) is 4.98 Å². The second-order valence-electron chi connectivity index (χ2n) is 3.74. The summed E-state index contributed by atoms with van der Waals surface area (Å²) in [5, 5.41) is 11.8. The summed E-state index contributed by atoms with van der Waals surface area (Å²) in [4.78, 5) is 4.13. The van der Waals surface area contributed by atoms with Crippen molar-refractivity contribution in [2.45, 2.75) is 0 Å². The van der Waals surface area contributed by atoms with Crippen LogP contribution in [0, 0.1) is 11.3 Å². The van der Waals surface area contributed by atoms with Gasteiger partial charge in [-0.2, -0.15) is 5.26 Å². The molecule has 0 aliphatic heterocycles. The van der Waals surface area contributed by atoms with Gasteiger partial charge in [-0.1, -0.05) is 42.5 Å². The second kappa shape index (κ2) is 6.21. The van der Waals surface area contributed by atoms with Crippen LogP contribution < -0.4 is 5.32 Å². The monoisotopic (exact) mass is 235 g/mol. The Morgan fingerprint density at radius 3 is 2.67 bits per heavy atom. The standard InChI is InChI=1S/C15H13N3/c16-11-14-8-9-15(18-12-14)17-10-4-7-13-5-2-1-3-6-13/h1-9,12H,10H2,(H,17,18)/b7-4+. The molecule has 1 N–H and O–H groups in total. The molecule has 3 nitrogen and oxygen atoms in total. The van der Waals surface area contributed by atoms with E-state index in [4.69, 9.17) is 5.26 Å². The molecule has 0 aliphatic rings. The third kappa shape index (κ3) is 3.46. The second-order valence-corrected chi connectivity index (χ2v) is 3.74. The molecule has 3 heteroatoms. The van der Waals surface area contributed by atoms with E-state index in [1.54, 1.807) is 18.3 Å². The van der Waals surface area contributed by atoms with Crippen LogP contribution in [0.15, 0.2) is 54.7 Å². The maximum absolute atomic E-state index is 8.65. The highest BCUT2D eigenvalue weighted by molar-refractivity contribution is 5.50. The number of nitrogens with zero attached hydrogens (tertiary/aromatic N) is 2. The molecule has 0 bridgehead atoms. The summed E-state index contributed by atoms with van der Waals surface area (Å²) in [6.45, 7) is 0.702. The van der Waals surface area contributed by atoms with Crippen molar-refractivity contribution in [3.63, 3.8) is 0 Å². The average Bonchev–Trinajstić information content (AvgIpc) is 2.45. The predicted molar refractivity (Wildman–Crippen MR) is 72.9 cm³/mol. The quantitative estimate of drug-likeness (QED) is 0.885. The largest absolute Gasteiger partial charge is 0.367 e. The Hall–Kier alpha value is -2.60. The predicted octanol–water partition coefficient (Wildman–Crippen LogP) is 3.08. The van der Waals surface area contributed by atoms with Crippen molar-refractivity contribution in [1.29, 1.82) is 5.26 Å². The maximum Gasteiger partial charge on any atom is 0.126 e. The summed E-state index contributed by atoms with van der Waals surface area (Å²) in [5.74, 6) is 0.770. The number of nitrogens with one attached hydrogen (secondary N) is 1. The van der Waals surface area contributed by atoms with Crippen molar-refractivity contribution in [2.24, 2.45) is 0 Å². The van der Waals surface area contributed by atoms with Crippen LogP contribution in [0.2, 0.25) is 0 Å². The minimum Gasteiger partial charge on any atom is -0.367 e. The number of pyridine rings is 1. The van der Waals surface area contributed by atoms with Gasteiger partial charge in [0, 0.05) is 12.7 Å². The number of anilines is 1. The fourth-order valence-corrected chi connectivity index (χ4v) is 1.49. The van der Waals surface area contributed by atoms with Crippen molar-refractivity contribution in [3.8, 4) is 6.07 Å². The van der Waals surface area contributed by atoms with Gasteiger partial charge in [0.2, 0.25) is 0 Å². The van der Waals surface area contributed by atoms with E-state index in [-0.39, 0.29) is 0 Å². The molecule has 0 atom stereocenters. The lowest BCUT2D eigenvalue weighted by Gasteiger charge is -2.01. The molecule has 2 aromatic rings. The number of hydrogen-bond donors (Lipinski definition) is 1. The Labute approximate surface area is 106 Å². The zero-order valence-corrected chi connectivity index (χ0v) is 9.88. The van der Waals surface area contributed by atoms with Gasteiger partial charge in [0.15, 0.2) is 0 Å². The van der Waals surface area contributed by atoms with Gasteiger partial charge in [0.25, 0.3) is 0 Å². The highest BCUT2D eigenvalue weighted by Gasteiger charge is 1.92. The summed E-state index contributed by atoms with van der Waals surface area (Å²) >= 11 is 0. The molecule has 0 fully saturated rings. The molecule has 88 valence electrons. The number of aromatic nitrogens is 1. The molecule has 18 heavy (non-hydrogen) atoms. The molecule has 0 unspecified atom stereocenters. The van der Waals surface area contributed by atoms with Crippen molar-refractivity contribution < 1.29 is 0 Å². The molecular weight excluding hydrogens is 222 g/mol. The SMILES string of the molecule is N#Cc1ccc(NC/C=C/c2ccccc2)nc1. The molecule has 0 saturated carbocycles. The first-order valence-corrected chi connectivity index (χ1v) is 5.70. The summed E-state index contributed by atoms with van der Waals surface area (Å²) in [6, 6.07) is 15.7. The number of benzene rings is 1. The van der Waals surface area contributed by atoms with E-state index in [1.807, 2.05) is 30.3 Å². The topological polar surface area (TPSA) is 48.7 Å². The number of hydrogen-bond acceptors (Lipinski definition) is 3. The Morgan fingerprint density at radius 1 is 1.17 bits per heavy atom. The van der Waals surface area contributed by atoms with Gasteiger partial charge in [-0.25, -0.2) is 4.98 Å². The van der Waals surface area contributed by atoms with Crippen LogP contribution in [0.25, 0.3) is 6.08 Å². The van der Waals surface area contributed by atoms with Gasteiger partial charge in [-0.05, 0) is 17.7 Å². The molecule has 0 saturated heterocycles. The van der Waals surface area contributed by atoms with Crippen molar-refractivity contribution in [3.05, 3.63) is 65.9 Å². The highest BCUT2D eigenvalue weighted by atomic mass is 15.0. The van der Waals surface area contributed by atoms with Gasteiger partial charge >= 0.3 is 0 Å². The number of rotatable bonds is 4. The minimum absolute atomic E-state index is 0.570. The first kappa shape index (κ1) is 11.9. The van der Waals surface area contributed by atoms with Gasteiger partial charge in [0.1, 0.15) is 11.9 Å². The fraction of sp³-hybridized carbons (Fsp3) is 0.0667. The van der Waals surface area contributed by atoms with Crippen LogP contribution in [0.4, 0.5) is 5.82 Å². The minimum atomic E-state index is 0.570. The molecule has 1 aromatic carbocycles. The van der Waals surface area contributed by atoms with E-state index in [0.29, 0.717) is 12.1 Å². The Balaban J connectivity index is 1.85. The van der Waals surface area contributed by atoms with Crippen LogP contribution in [0.3, 0.4) is 0 Å². The smallest absolute Gasteiger partial charge is 0.126 e. The lowest BCUT2D eigenvalue weighted by molar-refractivity contribution is 1.22. The van der Waals surface area contributed by atoms with Gasteiger partial charge in [-0.3, -0.25) is 0 Å². The van der Waals surface area contributed by atoms with Crippen LogP contribution in [-0.4, -0.2) is 11.5 Å². The molecule has 0 radical (unpaired) electrons. The first-order valence-electron chi connectivity index (χ1n) is 5.70. The van der Waals surface area contributed by atoms with E-state index in [0.717, 1.165) is 5.82 Å². The lowest BCUT2D eigenvalue weighted by Crippen LogP contribution is -2.00. The van der Waals surface area contributed by atoms with Gasteiger partial charge in [0.05, 0.1) is 5.56 Å². The molecule has 1 heterocycles. The Bertz CT molecular complexity index is 551. The van der Waals surface area contributed by atoms with E-state index in [1.165, 1.54) is 5.56 Å². The molecule has 0 spiro atoms. The fourth-order valence-electron chi connectivity index (χ4n) is 1.49. The average molecular weight is 235 g/mol. The lowest BCUT2D eigenvalue weighted by atomic mass is 10.2. The maximum atomic E-state index is 8.65. The van der Waals surface area contributed by atoms with Crippen molar-refractivity contribution in [2.75, 3.05) is 11.9 Å². The normalized spacial score (nSPS) is 10.2.